The number of carbonyl (C=O) groups excluding carboxylic acids is 1. The highest BCUT2D eigenvalue weighted by Crippen LogP contribution is 2.50. The molecule has 3 aliphatic heterocycles. The van der Waals surface area contributed by atoms with Gasteiger partial charge in [0.1, 0.15) is 18.3 Å². The van der Waals surface area contributed by atoms with Crippen LogP contribution in [0.4, 0.5) is 0 Å². The normalized spacial score (nSPS) is 37.5. The summed E-state index contributed by atoms with van der Waals surface area (Å²) in [6.45, 7) is 3.49. The van der Waals surface area contributed by atoms with Crippen LogP contribution in [0.2, 0.25) is 0 Å². The van der Waals surface area contributed by atoms with Gasteiger partial charge in [-0.05, 0) is 37.1 Å². The molecule has 6 atom stereocenters. The van der Waals surface area contributed by atoms with Gasteiger partial charge in [-0.2, -0.15) is 0 Å². The minimum atomic E-state index is -1.13. The van der Waals surface area contributed by atoms with E-state index in [1.165, 1.54) is 0 Å². The Labute approximate surface area is 153 Å². The Morgan fingerprint density at radius 3 is 2.63 bits per heavy atom. The molecule has 5 rings (SSSR count). The third-order valence-corrected chi connectivity index (χ3v) is 5.45. The molecular weight excluding hydrogens is 358 g/mol. The number of benzene rings is 1. The lowest BCUT2D eigenvalue weighted by Crippen LogP contribution is -2.60. The lowest BCUT2D eigenvalue weighted by Gasteiger charge is -2.46. The number of nitrogens with zero attached hydrogens (tertiary/aromatic N) is 3. The lowest BCUT2D eigenvalue weighted by molar-refractivity contribution is -0.160. The largest absolute Gasteiger partial charge is 0.455 e. The molecule has 1 saturated carbocycles. The Morgan fingerprint density at radius 2 is 1.89 bits per heavy atom. The van der Waals surface area contributed by atoms with Crippen molar-refractivity contribution in [3.05, 3.63) is 33.7 Å². The molecular formula is C17H17N3O7. The van der Waals surface area contributed by atoms with E-state index in [4.69, 9.17) is 29.2 Å². The van der Waals surface area contributed by atoms with E-state index in [1.54, 1.807) is 26.0 Å². The topological polar surface area (TPSA) is 132 Å². The number of esters is 1. The maximum absolute atomic E-state index is 12.6. The quantitative estimate of drug-likeness (QED) is 0.341. The van der Waals surface area contributed by atoms with Crippen molar-refractivity contribution >= 4 is 5.97 Å². The van der Waals surface area contributed by atoms with Gasteiger partial charge in [0.25, 0.3) is 0 Å². The van der Waals surface area contributed by atoms with Gasteiger partial charge in [-0.1, -0.05) is 5.11 Å². The van der Waals surface area contributed by atoms with Crippen molar-refractivity contribution in [3.63, 3.8) is 0 Å². The maximum Gasteiger partial charge on any atom is 0.338 e. The molecule has 0 bridgehead atoms. The number of ether oxygens (including phenoxy) is 5. The Hall–Kier alpha value is -2.52. The van der Waals surface area contributed by atoms with Crippen LogP contribution >= 0.6 is 0 Å². The molecule has 0 unspecified atom stereocenters. The van der Waals surface area contributed by atoms with Crippen molar-refractivity contribution in [2.75, 3.05) is 6.79 Å². The number of fused-ring (bicyclic) bond motifs is 5. The van der Waals surface area contributed by atoms with Crippen LogP contribution < -0.4 is 9.47 Å². The molecule has 10 nitrogen and oxygen atoms in total. The van der Waals surface area contributed by atoms with E-state index >= 15 is 0 Å². The van der Waals surface area contributed by atoms with E-state index in [9.17, 15) is 9.90 Å². The van der Waals surface area contributed by atoms with Crippen LogP contribution in [0.25, 0.3) is 10.4 Å². The molecule has 0 amide bonds. The predicted molar refractivity (Wildman–Crippen MR) is 87.3 cm³/mol. The van der Waals surface area contributed by atoms with Crippen LogP contribution in [0, 0.1) is 0 Å². The summed E-state index contributed by atoms with van der Waals surface area (Å²) in [4.78, 5) is 15.5. The predicted octanol–water partition coefficient (Wildman–Crippen LogP) is 1.61. The summed E-state index contributed by atoms with van der Waals surface area (Å²) < 4.78 is 28.0. The fourth-order valence-electron chi connectivity index (χ4n) is 4.44. The minimum Gasteiger partial charge on any atom is -0.455 e. The van der Waals surface area contributed by atoms with Gasteiger partial charge in [0.15, 0.2) is 17.3 Å². The second-order valence-electron chi connectivity index (χ2n) is 7.44. The number of aliphatic hydroxyl groups excluding tert-OH is 1. The second kappa shape index (κ2) is 5.49. The zero-order valence-electron chi connectivity index (χ0n) is 14.6. The molecule has 3 heterocycles. The number of aliphatic hydroxyl groups is 1. The third-order valence-electron chi connectivity index (χ3n) is 5.45. The Balaban J connectivity index is 1.67. The first-order valence-electron chi connectivity index (χ1n) is 8.62. The van der Waals surface area contributed by atoms with E-state index < -0.39 is 48.1 Å². The number of carbonyl (C=O) groups is 1. The summed E-state index contributed by atoms with van der Waals surface area (Å²) in [7, 11) is 0. The summed E-state index contributed by atoms with van der Waals surface area (Å²) in [6.07, 6.45) is -3.52. The first-order chi connectivity index (χ1) is 12.9. The van der Waals surface area contributed by atoms with E-state index in [0.717, 1.165) is 0 Å². The number of hydrogen-bond donors (Lipinski definition) is 1. The van der Waals surface area contributed by atoms with Crippen LogP contribution in [0.15, 0.2) is 17.2 Å². The van der Waals surface area contributed by atoms with Crippen molar-refractivity contribution < 1.29 is 33.6 Å². The highest BCUT2D eigenvalue weighted by molar-refractivity contribution is 5.94. The fourth-order valence-corrected chi connectivity index (χ4v) is 4.44. The Bertz CT molecular complexity index is 882. The van der Waals surface area contributed by atoms with Crippen LogP contribution in [0.3, 0.4) is 0 Å². The SMILES string of the molecule is CC1(C)O[C@@H]2[C@@H](O)[C@@H]3OC(=O)c4cc5c(cc4[C@@H]3[C@@H](N=[N+]=[N-])[C@@H]2O1)OCO5. The zero-order valence-corrected chi connectivity index (χ0v) is 14.6. The molecule has 10 heteroatoms. The number of azide groups is 1. The molecule has 1 aliphatic carbocycles. The molecule has 1 aromatic rings. The van der Waals surface area contributed by atoms with Crippen molar-refractivity contribution in [2.24, 2.45) is 5.11 Å². The van der Waals surface area contributed by atoms with Gasteiger partial charge in [0.2, 0.25) is 6.79 Å². The minimum absolute atomic E-state index is 0.0552. The van der Waals surface area contributed by atoms with Gasteiger partial charge >= 0.3 is 5.97 Å². The zero-order chi connectivity index (χ0) is 18.9. The van der Waals surface area contributed by atoms with Crippen LogP contribution in [0.5, 0.6) is 11.5 Å². The molecule has 4 aliphatic rings. The molecule has 142 valence electrons. The Morgan fingerprint density at radius 1 is 1.19 bits per heavy atom. The fraction of sp³-hybridized carbons (Fsp3) is 0.588. The lowest BCUT2D eigenvalue weighted by atomic mass is 9.71. The van der Waals surface area contributed by atoms with E-state index in [0.29, 0.717) is 22.6 Å². The maximum atomic E-state index is 12.6. The van der Waals surface area contributed by atoms with Crippen LogP contribution in [0.1, 0.15) is 35.7 Å². The third kappa shape index (κ3) is 2.31. The monoisotopic (exact) mass is 375 g/mol. The molecule has 1 N–H and O–H groups in total. The van der Waals surface area contributed by atoms with E-state index in [1.807, 2.05) is 0 Å². The van der Waals surface area contributed by atoms with Crippen molar-refractivity contribution in [1.29, 1.82) is 0 Å². The number of rotatable bonds is 1. The average Bonchev–Trinajstić information content (AvgIpc) is 3.20. The first kappa shape index (κ1) is 16.6. The standard InChI is InChI=1S/C17H17N3O7/c1-17(2)26-14-11(19-20-18)10-6-3-8-9(24-5-23-8)4-7(6)16(22)25-13(10)12(21)15(14)27-17/h3-4,10-15,21H,5H2,1-2H3/t10-,11-,12+,13-,14+,15-/m1/s1. The van der Waals surface area contributed by atoms with E-state index in [2.05, 4.69) is 10.0 Å². The van der Waals surface area contributed by atoms with Crippen molar-refractivity contribution in [3.8, 4) is 11.5 Å². The average molecular weight is 375 g/mol. The second-order valence-corrected chi connectivity index (χ2v) is 7.44. The number of hydrogen-bond acceptors (Lipinski definition) is 8. The van der Waals surface area contributed by atoms with E-state index in [-0.39, 0.29) is 6.79 Å². The highest BCUT2D eigenvalue weighted by atomic mass is 16.8. The van der Waals surface area contributed by atoms with Gasteiger partial charge in [0.05, 0.1) is 17.7 Å². The summed E-state index contributed by atoms with van der Waals surface area (Å²) in [6, 6.07) is 2.50. The summed E-state index contributed by atoms with van der Waals surface area (Å²) in [5, 5.41) is 14.8. The van der Waals surface area contributed by atoms with Gasteiger partial charge in [-0.25, -0.2) is 4.79 Å². The first-order valence-corrected chi connectivity index (χ1v) is 8.62. The molecule has 0 radical (unpaired) electrons. The Kier molecular flexibility index (Phi) is 3.38. The summed E-state index contributed by atoms with van der Waals surface area (Å²) >= 11 is 0. The molecule has 1 aromatic carbocycles. The van der Waals surface area contributed by atoms with Crippen molar-refractivity contribution in [2.45, 2.75) is 56.0 Å². The molecule has 0 spiro atoms. The summed E-state index contributed by atoms with van der Waals surface area (Å²) in [5.41, 5.74) is 9.99. The van der Waals surface area contributed by atoms with Crippen molar-refractivity contribution in [1.82, 2.24) is 0 Å². The van der Waals surface area contributed by atoms with Gasteiger partial charge in [0, 0.05) is 10.8 Å². The molecule has 0 aromatic heterocycles. The van der Waals surface area contributed by atoms with Gasteiger partial charge < -0.3 is 28.8 Å². The molecule has 2 fully saturated rings. The van der Waals surface area contributed by atoms with Crippen LogP contribution in [-0.2, 0) is 14.2 Å². The smallest absolute Gasteiger partial charge is 0.338 e. The molecule has 1 saturated heterocycles. The highest BCUT2D eigenvalue weighted by Gasteiger charge is 2.61. The summed E-state index contributed by atoms with van der Waals surface area (Å²) in [5.74, 6) is -1.21. The van der Waals surface area contributed by atoms with Crippen LogP contribution in [-0.4, -0.2) is 54.1 Å². The van der Waals surface area contributed by atoms with Gasteiger partial charge in [-0.15, -0.1) is 0 Å². The van der Waals surface area contributed by atoms with Gasteiger partial charge in [-0.3, -0.25) is 0 Å². The molecule has 27 heavy (non-hydrogen) atoms.